The third-order valence-corrected chi connectivity index (χ3v) is 7.79. The molecule has 2 N–H and O–H groups in total. The van der Waals surface area contributed by atoms with E-state index in [0.717, 1.165) is 35.1 Å². The summed E-state index contributed by atoms with van der Waals surface area (Å²) in [6.45, 7) is 30.3. The van der Waals surface area contributed by atoms with Crippen molar-refractivity contribution in [2.24, 2.45) is 5.41 Å². The van der Waals surface area contributed by atoms with Gasteiger partial charge in [0.05, 0.1) is 0 Å². The van der Waals surface area contributed by atoms with E-state index in [0.29, 0.717) is 11.5 Å². The zero-order chi connectivity index (χ0) is 28.8. The standard InChI is InChI=1S/C35H54O2/c1-15-35(16-2,21-23-17-25(31(3,4)5)29(36)26(18-23)32(6,7)8)22-24-19-27(33(9,10)11)30(37)28(20-24)34(12,13)14/h15-20,36-37H,21-22H2,1-14H3. The van der Waals surface area contributed by atoms with Gasteiger partial charge in [-0.1, -0.05) is 121 Å². The summed E-state index contributed by atoms with van der Waals surface area (Å²) in [5.41, 5.74) is 5.72. The normalized spacial score (nSPS) is 13.8. The van der Waals surface area contributed by atoms with Crippen LogP contribution in [-0.4, -0.2) is 10.2 Å². The Kier molecular flexibility index (Phi) is 8.71. The Hall–Kier alpha value is -1.96. The highest BCUT2D eigenvalue weighted by atomic mass is 16.3. The number of phenolic OH excluding ortho intramolecular Hbond substituents is 2. The fraction of sp³-hybridized carbons (Fsp3) is 0.600. The molecule has 0 amide bonds. The lowest BCUT2D eigenvalue weighted by Crippen LogP contribution is -2.28. The first-order chi connectivity index (χ1) is 16.6. The lowest BCUT2D eigenvalue weighted by Gasteiger charge is -2.35. The highest BCUT2D eigenvalue weighted by Crippen LogP contribution is 2.44. The molecule has 2 aromatic rings. The summed E-state index contributed by atoms with van der Waals surface area (Å²) in [7, 11) is 0. The van der Waals surface area contributed by atoms with Gasteiger partial charge in [-0.05, 0) is 86.1 Å². The second kappa shape index (κ2) is 10.3. The van der Waals surface area contributed by atoms with Crippen LogP contribution in [0.2, 0.25) is 0 Å². The van der Waals surface area contributed by atoms with Crippen molar-refractivity contribution in [3.05, 3.63) is 70.5 Å². The van der Waals surface area contributed by atoms with Crippen LogP contribution in [0.1, 0.15) is 130 Å². The molecule has 0 aromatic heterocycles. The maximum Gasteiger partial charge on any atom is 0.123 e. The van der Waals surface area contributed by atoms with Crippen molar-refractivity contribution in [1.29, 1.82) is 0 Å². The van der Waals surface area contributed by atoms with E-state index in [1.165, 1.54) is 11.1 Å². The molecule has 0 saturated carbocycles. The first-order valence-electron chi connectivity index (χ1n) is 13.9. The Labute approximate surface area is 228 Å². The predicted molar refractivity (Wildman–Crippen MR) is 161 cm³/mol. The van der Waals surface area contributed by atoms with Crippen molar-refractivity contribution >= 4 is 0 Å². The minimum Gasteiger partial charge on any atom is -0.507 e. The molecule has 0 aliphatic carbocycles. The van der Waals surface area contributed by atoms with Gasteiger partial charge in [0.1, 0.15) is 11.5 Å². The SMILES string of the molecule is C[CH]C([CH]C)(Cc1cc(C(C)(C)C)c(O)c(C(C)(C)C)c1)Cc1cc(C(C)(C)C)c(O)c(C(C)(C)C)c1. The van der Waals surface area contributed by atoms with Crippen molar-refractivity contribution in [2.75, 3.05) is 0 Å². The summed E-state index contributed by atoms with van der Waals surface area (Å²) in [5.74, 6) is 0.858. The van der Waals surface area contributed by atoms with Crippen LogP contribution in [0, 0.1) is 18.3 Å². The third kappa shape index (κ3) is 7.12. The molecule has 2 rings (SSSR count). The summed E-state index contributed by atoms with van der Waals surface area (Å²) < 4.78 is 0. The van der Waals surface area contributed by atoms with Crippen LogP contribution in [0.3, 0.4) is 0 Å². The highest BCUT2D eigenvalue weighted by molar-refractivity contribution is 5.52. The maximum atomic E-state index is 11.2. The smallest absolute Gasteiger partial charge is 0.123 e. The molecule has 0 spiro atoms. The van der Waals surface area contributed by atoms with Gasteiger partial charge >= 0.3 is 0 Å². The molecule has 0 aliphatic heterocycles. The van der Waals surface area contributed by atoms with Crippen LogP contribution in [0.25, 0.3) is 0 Å². The lowest BCUT2D eigenvalue weighted by molar-refractivity contribution is 0.397. The lowest BCUT2D eigenvalue weighted by atomic mass is 9.69. The summed E-state index contributed by atoms with van der Waals surface area (Å²) in [6.07, 6.45) is 6.35. The zero-order valence-electron chi connectivity index (χ0n) is 26.3. The van der Waals surface area contributed by atoms with E-state index in [1.807, 2.05) is 0 Å². The minimum atomic E-state index is -0.164. The molecule has 2 radical (unpaired) electrons. The number of phenols is 2. The molecule has 2 nitrogen and oxygen atoms in total. The van der Waals surface area contributed by atoms with E-state index < -0.39 is 0 Å². The molecule has 0 bridgehead atoms. The predicted octanol–water partition coefficient (Wildman–Crippen LogP) is 9.51. The number of rotatable bonds is 6. The first kappa shape index (κ1) is 31.3. The van der Waals surface area contributed by atoms with E-state index in [1.54, 1.807) is 0 Å². The largest absolute Gasteiger partial charge is 0.507 e. The molecule has 0 saturated heterocycles. The molecule has 0 aliphatic rings. The molecule has 0 heterocycles. The van der Waals surface area contributed by atoms with Crippen molar-refractivity contribution in [1.82, 2.24) is 0 Å². The number of aromatic hydroxyl groups is 2. The second-order valence-corrected chi connectivity index (χ2v) is 15.2. The fourth-order valence-corrected chi connectivity index (χ4v) is 5.28. The molecular weight excluding hydrogens is 452 g/mol. The van der Waals surface area contributed by atoms with Gasteiger partial charge in [0.25, 0.3) is 0 Å². The van der Waals surface area contributed by atoms with E-state index in [9.17, 15) is 10.2 Å². The number of hydrogen-bond acceptors (Lipinski definition) is 2. The Bertz CT molecular complexity index is 933. The van der Waals surface area contributed by atoms with E-state index >= 15 is 0 Å². The Morgan fingerprint density at radius 1 is 0.486 bits per heavy atom. The summed E-state index contributed by atoms with van der Waals surface area (Å²) in [4.78, 5) is 0. The maximum absolute atomic E-state index is 11.2. The van der Waals surface area contributed by atoms with Crippen molar-refractivity contribution in [3.63, 3.8) is 0 Å². The Balaban J connectivity index is 2.69. The van der Waals surface area contributed by atoms with Crippen LogP contribution < -0.4 is 0 Å². The van der Waals surface area contributed by atoms with Crippen LogP contribution in [0.5, 0.6) is 11.5 Å². The average molecular weight is 507 g/mol. The summed E-state index contributed by atoms with van der Waals surface area (Å²) in [5, 5.41) is 22.5. The topological polar surface area (TPSA) is 40.5 Å². The molecule has 0 atom stereocenters. The Morgan fingerprint density at radius 2 is 0.703 bits per heavy atom. The molecular formula is C35H54O2. The van der Waals surface area contributed by atoms with Crippen molar-refractivity contribution < 1.29 is 10.2 Å². The molecule has 0 fully saturated rings. The van der Waals surface area contributed by atoms with Crippen LogP contribution in [0.15, 0.2) is 24.3 Å². The Morgan fingerprint density at radius 3 is 0.865 bits per heavy atom. The molecule has 2 aromatic carbocycles. The fourth-order valence-electron chi connectivity index (χ4n) is 5.28. The van der Waals surface area contributed by atoms with Crippen LogP contribution in [-0.2, 0) is 34.5 Å². The van der Waals surface area contributed by atoms with E-state index in [2.05, 4.69) is 134 Å². The third-order valence-electron chi connectivity index (χ3n) is 7.79. The monoisotopic (exact) mass is 506 g/mol. The molecule has 2 heteroatoms. The van der Waals surface area contributed by atoms with Gasteiger partial charge in [-0.15, -0.1) is 0 Å². The number of benzene rings is 2. The molecule has 206 valence electrons. The van der Waals surface area contributed by atoms with E-state index in [-0.39, 0.29) is 27.1 Å². The van der Waals surface area contributed by atoms with Crippen molar-refractivity contribution in [2.45, 2.75) is 131 Å². The second-order valence-electron chi connectivity index (χ2n) is 15.2. The van der Waals surface area contributed by atoms with Crippen molar-refractivity contribution in [3.8, 4) is 11.5 Å². The molecule has 37 heavy (non-hydrogen) atoms. The van der Waals surface area contributed by atoms with Gasteiger partial charge in [-0.3, -0.25) is 0 Å². The summed E-state index contributed by atoms with van der Waals surface area (Å²) in [6, 6.07) is 8.85. The quantitative estimate of drug-likeness (QED) is 0.409. The molecule has 0 unspecified atom stereocenters. The van der Waals surface area contributed by atoms with Crippen LogP contribution >= 0.6 is 0 Å². The van der Waals surface area contributed by atoms with Gasteiger partial charge in [-0.2, -0.15) is 0 Å². The van der Waals surface area contributed by atoms with Gasteiger partial charge < -0.3 is 10.2 Å². The van der Waals surface area contributed by atoms with Gasteiger partial charge in [0.2, 0.25) is 0 Å². The average Bonchev–Trinajstić information content (AvgIpc) is 2.72. The minimum absolute atomic E-state index is 0.158. The van der Waals surface area contributed by atoms with E-state index in [4.69, 9.17) is 0 Å². The van der Waals surface area contributed by atoms with Gasteiger partial charge in [0, 0.05) is 0 Å². The van der Waals surface area contributed by atoms with Gasteiger partial charge in [-0.25, -0.2) is 0 Å². The van der Waals surface area contributed by atoms with Crippen LogP contribution in [0.4, 0.5) is 0 Å². The zero-order valence-corrected chi connectivity index (χ0v) is 26.3. The summed E-state index contributed by atoms with van der Waals surface area (Å²) >= 11 is 0. The first-order valence-corrected chi connectivity index (χ1v) is 13.9. The van der Waals surface area contributed by atoms with Gasteiger partial charge in [0.15, 0.2) is 0 Å². The number of hydrogen-bond donors (Lipinski definition) is 2. The highest BCUT2D eigenvalue weighted by Gasteiger charge is 2.33.